The van der Waals surface area contributed by atoms with Crippen molar-refractivity contribution < 1.29 is 32.7 Å². The van der Waals surface area contributed by atoms with Crippen molar-refractivity contribution in [2.24, 2.45) is 0 Å². The second-order valence-electron chi connectivity index (χ2n) is 13.6. The average Bonchev–Trinajstić information content (AvgIpc) is 3.44. The summed E-state index contributed by atoms with van der Waals surface area (Å²) < 4.78 is 28.8. The molecule has 2 aliphatic rings. The Balaban J connectivity index is 1.28. The highest BCUT2D eigenvalue weighted by atomic mass is 28.4. The predicted octanol–water partition coefficient (Wildman–Crippen LogP) is 5.06. The lowest BCUT2D eigenvalue weighted by Crippen LogP contribution is -2.50. The molecule has 1 unspecified atom stereocenters. The van der Waals surface area contributed by atoms with Gasteiger partial charge in [0.15, 0.2) is 0 Å². The highest BCUT2D eigenvalue weighted by Gasteiger charge is 2.56. The Bertz CT molecular complexity index is 1600. The van der Waals surface area contributed by atoms with Gasteiger partial charge in [-0.2, -0.15) is 0 Å². The van der Waals surface area contributed by atoms with E-state index in [1.807, 2.05) is 23.1 Å². The molecule has 1 atom stereocenters. The van der Waals surface area contributed by atoms with Crippen molar-refractivity contribution in [3.05, 3.63) is 82.9 Å². The number of hydrogen-bond donors (Lipinski definition) is 3. The number of carbonyl (C=O) groups is 1. The summed E-state index contributed by atoms with van der Waals surface area (Å²) in [6.45, 7) is 15.7. The lowest BCUT2D eigenvalue weighted by atomic mass is 9.74. The van der Waals surface area contributed by atoms with E-state index in [1.54, 1.807) is 21.3 Å². The molecule has 5 rings (SSSR count). The van der Waals surface area contributed by atoms with E-state index in [0.29, 0.717) is 50.9 Å². The molecule has 12 nitrogen and oxygen atoms in total. The number of nitrogens with one attached hydrogen (secondary N) is 2. The predicted molar refractivity (Wildman–Crippen MR) is 216 cm³/mol. The quantitative estimate of drug-likeness (QED) is 0.0890. The number of ether oxygens (including phenoxy) is 2. The largest absolute Gasteiger partial charge is 0.500 e. The van der Waals surface area contributed by atoms with Gasteiger partial charge in [-0.3, -0.25) is 4.79 Å². The second-order valence-corrected chi connectivity index (χ2v) is 16.7. The Morgan fingerprint density at radius 2 is 1.37 bits per heavy atom. The number of amides is 1. The highest BCUT2D eigenvalue weighted by Crippen LogP contribution is 2.58. The molecule has 2 heterocycles. The van der Waals surface area contributed by atoms with E-state index in [1.165, 1.54) is 0 Å². The first kappa shape index (κ1) is 41.6. The number of nitrogens with zero attached hydrogens (tertiary/aromatic N) is 3. The number of carbonyl (C=O) groups excluding carboxylic acids is 1. The maximum absolute atomic E-state index is 14.5. The summed E-state index contributed by atoms with van der Waals surface area (Å²) in [5, 5.41) is 17.3. The van der Waals surface area contributed by atoms with Crippen LogP contribution in [0.2, 0.25) is 6.04 Å². The van der Waals surface area contributed by atoms with Crippen molar-refractivity contribution in [1.29, 1.82) is 0 Å². The van der Waals surface area contributed by atoms with Crippen LogP contribution < -0.4 is 25.2 Å². The molecule has 2 aliphatic heterocycles. The molecule has 0 fully saturated rings. The summed E-state index contributed by atoms with van der Waals surface area (Å²) in [7, 11) is 2.18. The summed E-state index contributed by atoms with van der Waals surface area (Å²) in [4.78, 5) is 21.1. The number of benzene rings is 3. The molecule has 54 heavy (non-hydrogen) atoms. The molecular formula is C41H61N5O7Si. The number of hydrogen-bond acceptors (Lipinski definition) is 11. The van der Waals surface area contributed by atoms with E-state index in [-0.39, 0.29) is 12.5 Å². The van der Waals surface area contributed by atoms with Crippen molar-refractivity contribution in [1.82, 2.24) is 15.5 Å². The summed E-state index contributed by atoms with van der Waals surface area (Å²) in [6.07, 6.45) is 0.0920. The van der Waals surface area contributed by atoms with Gasteiger partial charge in [-0.15, -0.1) is 0 Å². The monoisotopic (exact) mass is 763 g/mol. The molecule has 296 valence electrons. The van der Waals surface area contributed by atoms with Crippen molar-refractivity contribution in [2.75, 3.05) is 103 Å². The molecule has 0 saturated carbocycles. The van der Waals surface area contributed by atoms with Gasteiger partial charge in [0.25, 0.3) is 5.91 Å². The number of aliphatic hydroxyl groups is 1. The molecule has 1 spiro atoms. The summed E-state index contributed by atoms with van der Waals surface area (Å²) in [5.74, 6) is 1.55. The second kappa shape index (κ2) is 19.4. The molecule has 0 aliphatic carbocycles. The first-order chi connectivity index (χ1) is 26.3. The fraction of sp³-hybridized carbons (Fsp3) is 0.537. The number of fused-ring (bicyclic) bond motifs is 6. The SMILES string of the molecule is CCN(CC)c1ccc2c(c1)Oc1cc(N(CC)CC)ccc1C21c2ccccc2C(=O)N1CCNCCNCC(O)COCCC[Si](OC)(OC)OC. The zero-order chi connectivity index (χ0) is 38.7. The Morgan fingerprint density at radius 1 is 0.796 bits per heavy atom. The Morgan fingerprint density at radius 3 is 1.94 bits per heavy atom. The van der Waals surface area contributed by atoms with Crippen LogP contribution in [0.25, 0.3) is 0 Å². The minimum Gasteiger partial charge on any atom is -0.456 e. The van der Waals surface area contributed by atoms with E-state index in [4.69, 9.17) is 22.8 Å². The first-order valence-electron chi connectivity index (χ1n) is 19.5. The maximum atomic E-state index is 14.5. The van der Waals surface area contributed by atoms with Crippen molar-refractivity contribution in [3.8, 4) is 11.5 Å². The van der Waals surface area contributed by atoms with E-state index >= 15 is 0 Å². The van der Waals surface area contributed by atoms with Gasteiger partial charge in [0.2, 0.25) is 0 Å². The Hall–Kier alpha value is -3.53. The molecule has 0 saturated heterocycles. The van der Waals surface area contributed by atoms with Gasteiger partial charge in [0, 0.05) is 133 Å². The van der Waals surface area contributed by atoms with E-state index in [2.05, 4.69) is 90.6 Å². The van der Waals surface area contributed by atoms with E-state index in [0.717, 1.165) is 72.2 Å². The van der Waals surface area contributed by atoms with Gasteiger partial charge < -0.3 is 53.2 Å². The molecule has 0 radical (unpaired) electrons. The van der Waals surface area contributed by atoms with Crippen LogP contribution in [-0.4, -0.2) is 124 Å². The third-order valence-electron chi connectivity index (χ3n) is 10.8. The molecule has 0 aromatic heterocycles. The summed E-state index contributed by atoms with van der Waals surface area (Å²) >= 11 is 0. The number of rotatable bonds is 23. The summed E-state index contributed by atoms with van der Waals surface area (Å²) in [6, 6.07) is 21.6. The van der Waals surface area contributed by atoms with Gasteiger partial charge in [-0.25, -0.2) is 0 Å². The minimum atomic E-state index is -2.61. The van der Waals surface area contributed by atoms with Crippen LogP contribution >= 0.6 is 0 Å². The molecule has 3 aromatic rings. The van der Waals surface area contributed by atoms with Crippen LogP contribution in [0.1, 0.15) is 61.2 Å². The van der Waals surface area contributed by atoms with E-state index < -0.39 is 20.4 Å². The fourth-order valence-corrected chi connectivity index (χ4v) is 9.58. The minimum absolute atomic E-state index is 0.00720. The van der Waals surface area contributed by atoms with Crippen LogP contribution in [0.5, 0.6) is 11.5 Å². The van der Waals surface area contributed by atoms with Crippen molar-refractivity contribution >= 4 is 26.1 Å². The molecule has 1 amide bonds. The fourth-order valence-electron chi connectivity index (χ4n) is 7.89. The number of anilines is 2. The zero-order valence-corrected chi connectivity index (χ0v) is 34.3. The number of aliphatic hydroxyl groups excluding tert-OH is 1. The molecule has 3 aromatic carbocycles. The third kappa shape index (κ3) is 8.48. The lowest BCUT2D eigenvalue weighted by molar-refractivity contribution is 0.0353. The van der Waals surface area contributed by atoms with Gasteiger partial charge >= 0.3 is 8.80 Å². The molecular weight excluding hydrogens is 703 g/mol. The average molecular weight is 764 g/mol. The van der Waals surface area contributed by atoms with Crippen molar-refractivity contribution in [2.45, 2.75) is 51.8 Å². The van der Waals surface area contributed by atoms with Crippen LogP contribution in [0.15, 0.2) is 60.7 Å². The Kier molecular flexibility index (Phi) is 14.9. The molecule has 3 N–H and O–H groups in total. The highest BCUT2D eigenvalue weighted by molar-refractivity contribution is 6.60. The summed E-state index contributed by atoms with van der Waals surface area (Å²) in [5.41, 5.74) is 4.96. The topological polar surface area (TPSA) is 117 Å². The zero-order valence-electron chi connectivity index (χ0n) is 33.3. The van der Waals surface area contributed by atoms with Gasteiger partial charge in [0.05, 0.1) is 12.7 Å². The van der Waals surface area contributed by atoms with Crippen LogP contribution in [-0.2, 0) is 23.6 Å². The first-order valence-corrected chi connectivity index (χ1v) is 21.4. The normalized spacial score (nSPS) is 14.8. The van der Waals surface area contributed by atoms with Crippen LogP contribution in [0.4, 0.5) is 11.4 Å². The molecule has 13 heteroatoms. The standard InChI is InChI=1S/C41H61N5O7Si/c1-8-44(9-2)31-17-19-36-38(27-31)53-39-28-32(45(10-3)11-4)18-20-37(39)41(36)35-16-13-12-15-34(35)40(48)46(41)24-23-42-21-22-43-29-33(47)30-52-25-14-26-54(49-5,50-6)51-7/h12-13,15-20,27-28,33,42-43,47H,8-11,14,21-26,29-30H2,1-7H3. The van der Waals surface area contributed by atoms with E-state index in [9.17, 15) is 9.90 Å². The van der Waals surface area contributed by atoms with Crippen molar-refractivity contribution in [3.63, 3.8) is 0 Å². The third-order valence-corrected chi connectivity index (χ3v) is 13.6. The Labute approximate surface area is 323 Å². The van der Waals surface area contributed by atoms with Crippen LogP contribution in [0, 0.1) is 0 Å². The maximum Gasteiger partial charge on any atom is 0.500 e. The van der Waals surface area contributed by atoms with Crippen LogP contribution in [0.3, 0.4) is 0 Å². The van der Waals surface area contributed by atoms with Gasteiger partial charge in [-0.1, -0.05) is 30.3 Å². The van der Waals surface area contributed by atoms with Gasteiger partial charge in [-0.05, 0) is 57.9 Å². The molecule has 0 bridgehead atoms. The van der Waals surface area contributed by atoms with Gasteiger partial charge in [0.1, 0.15) is 17.0 Å². The smallest absolute Gasteiger partial charge is 0.456 e. The lowest BCUT2D eigenvalue weighted by Gasteiger charge is -2.45.